The fourth-order valence-electron chi connectivity index (χ4n) is 3.00. The van der Waals surface area contributed by atoms with Crippen molar-refractivity contribution in [3.8, 4) is 11.5 Å². The fourth-order valence-corrected chi connectivity index (χ4v) is 3.00. The van der Waals surface area contributed by atoms with E-state index in [1.54, 1.807) is 18.2 Å². The number of carbonyl (C=O) groups excluding carboxylic acids is 2. The van der Waals surface area contributed by atoms with E-state index in [9.17, 15) is 22.8 Å². The van der Waals surface area contributed by atoms with Gasteiger partial charge in [-0.25, -0.2) is 13.2 Å². The summed E-state index contributed by atoms with van der Waals surface area (Å²) < 4.78 is 50.8. The van der Waals surface area contributed by atoms with Crippen LogP contribution < -0.4 is 19.7 Å². The summed E-state index contributed by atoms with van der Waals surface area (Å²) in [5, 5.41) is 2.66. The lowest BCUT2D eigenvalue weighted by atomic mass is 10.1. The first-order chi connectivity index (χ1) is 13.3. The van der Waals surface area contributed by atoms with Crippen LogP contribution in [0.1, 0.15) is 6.42 Å². The van der Waals surface area contributed by atoms with Gasteiger partial charge in [0, 0.05) is 24.7 Å². The molecular formula is C19H17F3N2O4. The minimum absolute atomic E-state index is 0.153. The number of rotatable bonds is 5. The van der Waals surface area contributed by atoms with Crippen LogP contribution in [0.5, 0.6) is 11.5 Å². The molecule has 28 heavy (non-hydrogen) atoms. The van der Waals surface area contributed by atoms with Crippen molar-refractivity contribution < 1.29 is 32.2 Å². The summed E-state index contributed by atoms with van der Waals surface area (Å²) in [5.41, 5.74) is 0.0258. The first-order valence-electron chi connectivity index (χ1n) is 8.32. The molecule has 3 rings (SSSR count). The molecule has 0 spiro atoms. The van der Waals surface area contributed by atoms with Gasteiger partial charge in [-0.05, 0) is 24.3 Å². The molecule has 1 N–H and O–H groups in total. The number of methoxy groups -OCH3 is 2. The van der Waals surface area contributed by atoms with E-state index in [0.717, 1.165) is 17.0 Å². The van der Waals surface area contributed by atoms with Crippen LogP contribution >= 0.6 is 0 Å². The summed E-state index contributed by atoms with van der Waals surface area (Å²) in [7, 11) is 2.93. The summed E-state index contributed by atoms with van der Waals surface area (Å²) in [6.07, 6.45) is -0.183. The maximum Gasteiger partial charge on any atom is 0.229 e. The molecule has 0 saturated carbocycles. The quantitative estimate of drug-likeness (QED) is 0.792. The summed E-state index contributed by atoms with van der Waals surface area (Å²) in [4.78, 5) is 25.6. The molecule has 1 atom stereocenters. The maximum absolute atomic E-state index is 14.0. The lowest BCUT2D eigenvalue weighted by Gasteiger charge is -2.18. The number of hydrogen-bond donors (Lipinski definition) is 1. The van der Waals surface area contributed by atoms with Gasteiger partial charge in [0.1, 0.15) is 0 Å². The Morgan fingerprint density at radius 2 is 1.79 bits per heavy atom. The first kappa shape index (κ1) is 19.5. The van der Waals surface area contributed by atoms with Crippen LogP contribution in [0.15, 0.2) is 30.3 Å². The van der Waals surface area contributed by atoms with Crippen LogP contribution in [0.3, 0.4) is 0 Å². The molecule has 0 aromatic heterocycles. The fraction of sp³-hybridized carbons (Fsp3) is 0.263. The van der Waals surface area contributed by atoms with Crippen molar-refractivity contribution in [3.05, 3.63) is 47.8 Å². The van der Waals surface area contributed by atoms with Crippen molar-refractivity contribution in [2.75, 3.05) is 31.0 Å². The second-order valence-electron chi connectivity index (χ2n) is 6.16. The van der Waals surface area contributed by atoms with Crippen molar-refractivity contribution in [3.63, 3.8) is 0 Å². The van der Waals surface area contributed by atoms with Crippen molar-refractivity contribution in [1.82, 2.24) is 0 Å². The van der Waals surface area contributed by atoms with Crippen molar-refractivity contribution in [2.45, 2.75) is 6.42 Å². The molecule has 9 heteroatoms. The van der Waals surface area contributed by atoms with Crippen LogP contribution in [0.4, 0.5) is 24.5 Å². The van der Waals surface area contributed by atoms with Gasteiger partial charge >= 0.3 is 0 Å². The standard InChI is InChI=1S/C19H17F3N2O4/c1-27-14-6-3-11(8-15(14)28-2)23-19(26)10-7-16(25)24(9-10)13-5-4-12(20)17(21)18(13)22/h3-6,8,10H,7,9H2,1-2H3,(H,23,26). The average molecular weight is 394 g/mol. The van der Waals surface area contributed by atoms with Gasteiger partial charge in [-0.15, -0.1) is 0 Å². The Labute approximate surface area is 158 Å². The zero-order valence-corrected chi connectivity index (χ0v) is 15.1. The smallest absolute Gasteiger partial charge is 0.229 e. The predicted octanol–water partition coefficient (Wildman–Crippen LogP) is 3.11. The summed E-state index contributed by atoms with van der Waals surface area (Å²) >= 11 is 0. The van der Waals surface area contributed by atoms with Crippen LogP contribution in [-0.2, 0) is 9.59 Å². The van der Waals surface area contributed by atoms with E-state index in [-0.39, 0.29) is 13.0 Å². The van der Waals surface area contributed by atoms with Gasteiger partial charge in [-0.1, -0.05) is 0 Å². The third-order valence-electron chi connectivity index (χ3n) is 4.45. The summed E-state index contributed by atoms with van der Waals surface area (Å²) in [6, 6.07) is 6.47. The highest BCUT2D eigenvalue weighted by atomic mass is 19.2. The molecule has 6 nitrogen and oxygen atoms in total. The molecule has 1 aliphatic rings. The zero-order chi connectivity index (χ0) is 20.4. The van der Waals surface area contributed by atoms with Crippen molar-refractivity contribution >= 4 is 23.2 Å². The Bertz CT molecular complexity index is 936. The van der Waals surface area contributed by atoms with E-state index in [1.165, 1.54) is 14.2 Å². The highest BCUT2D eigenvalue weighted by molar-refractivity contribution is 6.03. The third-order valence-corrected chi connectivity index (χ3v) is 4.45. The highest BCUT2D eigenvalue weighted by Gasteiger charge is 2.37. The number of benzene rings is 2. The number of nitrogens with one attached hydrogen (secondary N) is 1. The third kappa shape index (κ3) is 3.60. The van der Waals surface area contributed by atoms with E-state index in [1.807, 2.05) is 0 Å². The maximum atomic E-state index is 14.0. The normalized spacial score (nSPS) is 16.2. The van der Waals surface area contributed by atoms with E-state index < -0.39 is 40.9 Å². The summed E-state index contributed by atoms with van der Waals surface area (Å²) in [6.45, 7) is -0.153. The number of halogens is 3. The molecule has 0 bridgehead atoms. The second-order valence-corrected chi connectivity index (χ2v) is 6.16. The van der Waals surface area contributed by atoms with E-state index in [4.69, 9.17) is 9.47 Å². The minimum Gasteiger partial charge on any atom is -0.493 e. The molecule has 148 valence electrons. The Morgan fingerprint density at radius 3 is 2.46 bits per heavy atom. The lowest BCUT2D eigenvalue weighted by Crippen LogP contribution is -2.29. The van der Waals surface area contributed by atoms with E-state index in [0.29, 0.717) is 17.2 Å². The van der Waals surface area contributed by atoms with Crippen molar-refractivity contribution in [2.24, 2.45) is 5.92 Å². The van der Waals surface area contributed by atoms with Gasteiger partial charge in [-0.3, -0.25) is 9.59 Å². The van der Waals surface area contributed by atoms with Gasteiger partial charge in [0.25, 0.3) is 0 Å². The van der Waals surface area contributed by atoms with Gasteiger partial charge in [0.15, 0.2) is 29.0 Å². The van der Waals surface area contributed by atoms with Crippen LogP contribution in [0.25, 0.3) is 0 Å². The molecule has 0 radical (unpaired) electrons. The number of ether oxygens (including phenoxy) is 2. The molecule has 1 unspecified atom stereocenters. The van der Waals surface area contributed by atoms with Gasteiger partial charge < -0.3 is 19.7 Å². The molecule has 1 heterocycles. The Kier molecular flexibility index (Phi) is 5.43. The minimum atomic E-state index is -1.66. The predicted molar refractivity (Wildman–Crippen MR) is 95.0 cm³/mol. The highest BCUT2D eigenvalue weighted by Crippen LogP contribution is 2.32. The molecule has 2 aromatic carbocycles. The number of nitrogens with zero attached hydrogens (tertiary/aromatic N) is 1. The lowest BCUT2D eigenvalue weighted by molar-refractivity contribution is -0.122. The molecule has 1 fully saturated rings. The molecule has 1 aliphatic heterocycles. The molecule has 2 amide bonds. The number of hydrogen-bond acceptors (Lipinski definition) is 4. The Balaban J connectivity index is 1.75. The Hall–Kier alpha value is -3.23. The Morgan fingerprint density at radius 1 is 1.07 bits per heavy atom. The second kappa shape index (κ2) is 7.79. The number of carbonyl (C=O) groups is 2. The molecule has 2 aromatic rings. The van der Waals surface area contributed by atoms with Gasteiger partial charge in [0.2, 0.25) is 11.8 Å². The van der Waals surface area contributed by atoms with Crippen molar-refractivity contribution in [1.29, 1.82) is 0 Å². The molecule has 1 saturated heterocycles. The average Bonchev–Trinajstić information content (AvgIpc) is 3.07. The number of anilines is 2. The first-order valence-corrected chi connectivity index (χ1v) is 8.32. The van der Waals surface area contributed by atoms with E-state index in [2.05, 4.69) is 5.32 Å². The largest absolute Gasteiger partial charge is 0.493 e. The van der Waals surface area contributed by atoms with Gasteiger partial charge in [0.05, 0.1) is 25.8 Å². The monoisotopic (exact) mass is 394 g/mol. The SMILES string of the molecule is COc1ccc(NC(=O)C2CC(=O)N(c3ccc(F)c(F)c3F)C2)cc1OC. The van der Waals surface area contributed by atoms with Crippen LogP contribution in [0, 0.1) is 23.4 Å². The molecular weight excluding hydrogens is 377 g/mol. The molecule has 0 aliphatic carbocycles. The van der Waals surface area contributed by atoms with Crippen LogP contribution in [-0.4, -0.2) is 32.6 Å². The van der Waals surface area contributed by atoms with Gasteiger partial charge in [-0.2, -0.15) is 0 Å². The summed E-state index contributed by atoms with van der Waals surface area (Å²) in [5.74, 6) is -5.39. The topological polar surface area (TPSA) is 67.9 Å². The van der Waals surface area contributed by atoms with Crippen LogP contribution in [0.2, 0.25) is 0 Å². The number of amides is 2. The zero-order valence-electron chi connectivity index (χ0n) is 15.1. The van der Waals surface area contributed by atoms with E-state index >= 15 is 0 Å².